The molecule has 186 valence electrons. The van der Waals surface area contributed by atoms with Gasteiger partial charge in [-0.1, -0.05) is 36.4 Å². The van der Waals surface area contributed by atoms with Crippen molar-refractivity contribution in [1.29, 1.82) is 0 Å². The van der Waals surface area contributed by atoms with Gasteiger partial charge in [-0.05, 0) is 55.3 Å². The standard InChI is InChI=1S/C29H31N3O4/c1-19-12-13-20(2)27(14-19)36-18-22(33)17-32-24-9-5-4-8-23(24)30-29(32)21-15-28(34)31(16-21)25-10-6-7-11-26(25)35-3/h4-14,21-22,33H,15-18H2,1-3H3/t21-,22-/m1/s1. The van der Waals surface area contributed by atoms with E-state index >= 15 is 0 Å². The molecule has 3 aromatic carbocycles. The molecule has 7 nitrogen and oxygen atoms in total. The Kier molecular flexibility index (Phi) is 6.65. The summed E-state index contributed by atoms with van der Waals surface area (Å²) in [6.45, 7) is 4.99. The summed E-state index contributed by atoms with van der Waals surface area (Å²) in [6, 6.07) is 21.5. The molecule has 1 fully saturated rings. The van der Waals surface area contributed by atoms with Crippen molar-refractivity contribution >= 4 is 22.6 Å². The number of nitrogens with zero attached hydrogens (tertiary/aromatic N) is 3. The molecule has 7 heteroatoms. The van der Waals surface area contributed by atoms with Crippen LogP contribution in [0.2, 0.25) is 0 Å². The van der Waals surface area contributed by atoms with E-state index in [9.17, 15) is 9.90 Å². The number of ether oxygens (including phenoxy) is 2. The lowest BCUT2D eigenvalue weighted by Gasteiger charge is -2.20. The third-order valence-corrected chi connectivity index (χ3v) is 6.72. The first-order valence-corrected chi connectivity index (χ1v) is 12.2. The van der Waals surface area contributed by atoms with Crippen molar-refractivity contribution in [2.45, 2.75) is 38.8 Å². The summed E-state index contributed by atoms with van der Waals surface area (Å²) >= 11 is 0. The van der Waals surface area contributed by atoms with E-state index in [2.05, 4.69) is 0 Å². The Balaban J connectivity index is 1.39. The fraction of sp³-hybridized carbons (Fsp3) is 0.310. The third-order valence-electron chi connectivity index (χ3n) is 6.72. The van der Waals surface area contributed by atoms with E-state index in [-0.39, 0.29) is 18.4 Å². The molecule has 0 radical (unpaired) electrons. The van der Waals surface area contributed by atoms with Crippen LogP contribution in [-0.4, -0.2) is 46.9 Å². The number of benzene rings is 3. The van der Waals surface area contributed by atoms with Crippen molar-refractivity contribution < 1.29 is 19.4 Å². The molecule has 5 rings (SSSR count). The molecule has 1 N–H and O–H groups in total. The summed E-state index contributed by atoms with van der Waals surface area (Å²) < 4.78 is 13.5. The summed E-state index contributed by atoms with van der Waals surface area (Å²) in [5.41, 5.74) is 4.68. The molecule has 1 aromatic heterocycles. The van der Waals surface area contributed by atoms with Crippen LogP contribution in [0.15, 0.2) is 66.7 Å². The van der Waals surface area contributed by atoms with Crippen molar-refractivity contribution in [3.8, 4) is 11.5 Å². The van der Waals surface area contributed by atoms with Gasteiger partial charge in [0.15, 0.2) is 0 Å². The quantitative estimate of drug-likeness (QED) is 0.394. The number of carbonyl (C=O) groups is 1. The Morgan fingerprint density at radius 2 is 1.83 bits per heavy atom. The lowest BCUT2D eigenvalue weighted by molar-refractivity contribution is -0.117. The Bertz CT molecular complexity index is 1400. The largest absolute Gasteiger partial charge is 0.495 e. The number of imidazole rings is 1. The van der Waals surface area contributed by atoms with Crippen LogP contribution in [0.3, 0.4) is 0 Å². The number of fused-ring (bicyclic) bond motifs is 1. The third kappa shape index (κ3) is 4.66. The molecule has 1 aliphatic heterocycles. The maximum atomic E-state index is 13.1. The van der Waals surface area contributed by atoms with Crippen LogP contribution >= 0.6 is 0 Å². The second-order valence-corrected chi connectivity index (χ2v) is 9.38. The molecule has 1 saturated heterocycles. The Morgan fingerprint density at radius 3 is 2.67 bits per heavy atom. The Labute approximate surface area is 210 Å². The van der Waals surface area contributed by atoms with Crippen LogP contribution in [0, 0.1) is 13.8 Å². The second kappa shape index (κ2) is 10.0. The summed E-state index contributed by atoms with van der Waals surface area (Å²) in [7, 11) is 1.61. The van der Waals surface area contributed by atoms with E-state index in [0.717, 1.165) is 39.4 Å². The van der Waals surface area contributed by atoms with E-state index < -0.39 is 6.10 Å². The molecule has 1 aliphatic rings. The van der Waals surface area contributed by atoms with E-state index in [4.69, 9.17) is 14.5 Å². The Morgan fingerprint density at radius 1 is 1.06 bits per heavy atom. The predicted molar refractivity (Wildman–Crippen MR) is 140 cm³/mol. The average Bonchev–Trinajstić information content (AvgIpc) is 3.45. The molecule has 2 heterocycles. The molecule has 1 amide bonds. The summed E-state index contributed by atoms with van der Waals surface area (Å²) in [6.07, 6.45) is -0.403. The molecule has 36 heavy (non-hydrogen) atoms. The topological polar surface area (TPSA) is 76.8 Å². The number of anilines is 1. The Hall–Kier alpha value is -3.84. The number of hydrogen-bond acceptors (Lipinski definition) is 5. The number of aliphatic hydroxyl groups excluding tert-OH is 1. The number of aromatic nitrogens is 2. The minimum Gasteiger partial charge on any atom is -0.495 e. The first-order chi connectivity index (χ1) is 17.4. The van der Waals surface area contributed by atoms with Gasteiger partial charge in [-0.2, -0.15) is 0 Å². The molecule has 2 atom stereocenters. The molecule has 0 unspecified atom stereocenters. The smallest absolute Gasteiger partial charge is 0.227 e. The molecule has 4 aromatic rings. The first-order valence-electron chi connectivity index (χ1n) is 12.2. The maximum absolute atomic E-state index is 13.1. The van der Waals surface area contributed by atoms with Crippen LogP contribution in [-0.2, 0) is 11.3 Å². The first kappa shape index (κ1) is 23.9. The maximum Gasteiger partial charge on any atom is 0.227 e. The number of aryl methyl sites for hydroxylation is 2. The van der Waals surface area contributed by atoms with Gasteiger partial charge in [-0.3, -0.25) is 4.79 Å². The molecular formula is C29H31N3O4. The molecule has 0 spiro atoms. The summed E-state index contributed by atoms with van der Waals surface area (Å²) in [5, 5.41) is 11.0. The van der Waals surface area contributed by atoms with Crippen LogP contribution < -0.4 is 14.4 Å². The number of para-hydroxylation sites is 4. The molecule has 0 saturated carbocycles. The number of rotatable bonds is 8. The average molecular weight is 486 g/mol. The number of amides is 1. The normalized spacial score (nSPS) is 16.5. The zero-order chi connectivity index (χ0) is 25.2. The second-order valence-electron chi connectivity index (χ2n) is 9.38. The molecular weight excluding hydrogens is 454 g/mol. The number of methoxy groups -OCH3 is 1. The highest BCUT2D eigenvalue weighted by Crippen LogP contribution is 2.37. The van der Waals surface area contributed by atoms with Gasteiger partial charge in [0, 0.05) is 18.9 Å². The summed E-state index contributed by atoms with van der Waals surface area (Å²) in [5.74, 6) is 2.16. The lowest BCUT2D eigenvalue weighted by atomic mass is 10.1. The van der Waals surface area contributed by atoms with Gasteiger partial charge in [0.2, 0.25) is 5.91 Å². The fourth-order valence-corrected chi connectivity index (χ4v) is 4.88. The lowest BCUT2D eigenvalue weighted by Crippen LogP contribution is -2.27. The van der Waals surface area contributed by atoms with Crippen LogP contribution in [0.5, 0.6) is 11.5 Å². The van der Waals surface area contributed by atoms with Gasteiger partial charge in [-0.25, -0.2) is 4.98 Å². The zero-order valence-electron chi connectivity index (χ0n) is 20.8. The van der Waals surface area contributed by atoms with Gasteiger partial charge in [0.1, 0.15) is 30.0 Å². The number of carbonyl (C=O) groups excluding carboxylic acids is 1. The van der Waals surface area contributed by atoms with Crippen LogP contribution in [0.25, 0.3) is 11.0 Å². The number of hydrogen-bond donors (Lipinski definition) is 1. The molecule has 0 bridgehead atoms. The fourth-order valence-electron chi connectivity index (χ4n) is 4.88. The van der Waals surface area contributed by atoms with Gasteiger partial charge in [0.05, 0.1) is 30.4 Å². The van der Waals surface area contributed by atoms with Crippen LogP contribution in [0.1, 0.15) is 29.3 Å². The molecule has 0 aliphatic carbocycles. The SMILES string of the molecule is COc1ccccc1N1C[C@H](c2nc3ccccc3n2C[C@@H](O)COc2cc(C)ccc2C)CC1=O. The summed E-state index contributed by atoms with van der Waals surface area (Å²) in [4.78, 5) is 19.7. The van der Waals surface area contributed by atoms with Crippen molar-refractivity contribution in [2.24, 2.45) is 0 Å². The van der Waals surface area contributed by atoms with Gasteiger partial charge in [-0.15, -0.1) is 0 Å². The highest BCUT2D eigenvalue weighted by molar-refractivity contribution is 5.97. The van der Waals surface area contributed by atoms with Gasteiger partial charge < -0.3 is 24.0 Å². The zero-order valence-corrected chi connectivity index (χ0v) is 20.8. The van der Waals surface area contributed by atoms with Crippen LogP contribution in [0.4, 0.5) is 5.69 Å². The highest BCUT2D eigenvalue weighted by Gasteiger charge is 2.36. The van der Waals surface area contributed by atoms with Gasteiger partial charge >= 0.3 is 0 Å². The van der Waals surface area contributed by atoms with Gasteiger partial charge in [0.25, 0.3) is 0 Å². The van der Waals surface area contributed by atoms with E-state index in [1.807, 2.05) is 85.1 Å². The predicted octanol–water partition coefficient (Wildman–Crippen LogP) is 4.62. The number of aliphatic hydroxyl groups is 1. The highest BCUT2D eigenvalue weighted by atomic mass is 16.5. The van der Waals surface area contributed by atoms with Crippen molar-refractivity contribution in [3.05, 3.63) is 83.7 Å². The van der Waals surface area contributed by atoms with E-state index in [0.29, 0.717) is 25.3 Å². The van der Waals surface area contributed by atoms with E-state index in [1.165, 1.54) is 0 Å². The van der Waals surface area contributed by atoms with Crippen molar-refractivity contribution in [1.82, 2.24) is 9.55 Å². The monoisotopic (exact) mass is 485 g/mol. The van der Waals surface area contributed by atoms with Crippen molar-refractivity contribution in [2.75, 3.05) is 25.2 Å². The van der Waals surface area contributed by atoms with Crippen molar-refractivity contribution in [3.63, 3.8) is 0 Å². The van der Waals surface area contributed by atoms with E-state index in [1.54, 1.807) is 12.0 Å². The minimum atomic E-state index is -0.747. The minimum absolute atomic E-state index is 0.0295.